The van der Waals surface area contributed by atoms with Gasteiger partial charge in [-0.1, -0.05) is 44.2 Å². The first-order chi connectivity index (χ1) is 13.0. The highest BCUT2D eigenvalue weighted by Gasteiger charge is 2.51. The molecule has 1 atom stereocenters. The average molecular weight is 369 g/mol. The van der Waals surface area contributed by atoms with Crippen LogP contribution in [0.3, 0.4) is 0 Å². The highest BCUT2D eigenvalue weighted by molar-refractivity contribution is 5.93. The molecule has 2 aromatic rings. The van der Waals surface area contributed by atoms with Crippen molar-refractivity contribution in [2.24, 2.45) is 0 Å². The van der Waals surface area contributed by atoms with E-state index in [2.05, 4.69) is 4.98 Å². The summed E-state index contributed by atoms with van der Waals surface area (Å²) < 4.78 is 10.8. The summed E-state index contributed by atoms with van der Waals surface area (Å²) in [5.41, 5.74) is 0.923. The minimum Gasteiger partial charge on any atom is -0.447 e. The second-order valence-electron chi connectivity index (χ2n) is 7.54. The van der Waals surface area contributed by atoms with E-state index in [9.17, 15) is 9.59 Å². The molecule has 1 aromatic heterocycles. The number of oxazole rings is 1. The summed E-state index contributed by atoms with van der Waals surface area (Å²) in [6, 6.07) is 9.98. The van der Waals surface area contributed by atoms with Gasteiger partial charge in [0.25, 0.3) is 5.91 Å². The fraction of sp³-hybridized carbons (Fsp3) is 0.450. The molecule has 0 N–H and O–H groups in total. The summed E-state index contributed by atoms with van der Waals surface area (Å²) in [6.45, 7) is 5.53. The number of carbonyl (C=O) groups is 2. The van der Waals surface area contributed by atoms with E-state index < -0.39 is 5.54 Å². The predicted octanol–water partition coefficient (Wildman–Crippen LogP) is 2.69. The summed E-state index contributed by atoms with van der Waals surface area (Å²) >= 11 is 0. The normalized spacial score (nSPS) is 22.1. The number of piperazine rings is 1. The molecule has 3 heterocycles. The van der Waals surface area contributed by atoms with Gasteiger partial charge in [-0.2, -0.15) is 0 Å². The number of fused-ring (bicyclic) bond motifs is 1. The SMILES string of the molecule is CC(C)c1ocnc1C(=O)N1CCN2C(=O)OCC2(Cc2ccccc2)C1. The maximum atomic E-state index is 13.1. The van der Waals surface area contributed by atoms with E-state index >= 15 is 0 Å². The molecule has 2 aliphatic rings. The number of cyclic esters (lactones) is 1. The highest BCUT2D eigenvalue weighted by atomic mass is 16.6. The zero-order chi connectivity index (χ0) is 19.0. The summed E-state index contributed by atoms with van der Waals surface area (Å²) in [5.74, 6) is 0.514. The Bertz CT molecular complexity index is 848. The van der Waals surface area contributed by atoms with Crippen molar-refractivity contribution in [1.29, 1.82) is 0 Å². The Morgan fingerprint density at radius 1 is 1.26 bits per heavy atom. The van der Waals surface area contributed by atoms with Crippen LogP contribution in [-0.2, 0) is 11.2 Å². The van der Waals surface area contributed by atoms with Gasteiger partial charge in [0.2, 0.25) is 0 Å². The van der Waals surface area contributed by atoms with E-state index in [-0.39, 0.29) is 24.5 Å². The summed E-state index contributed by atoms with van der Waals surface area (Å²) in [4.78, 5) is 33.0. The molecule has 0 bridgehead atoms. The van der Waals surface area contributed by atoms with Crippen LogP contribution in [0.25, 0.3) is 0 Å². The molecule has 0 saturated carbocycles. The number of aromatic nitrogens is 1. The Balaban J connectivity index is 1.61. The summed E-state index contributed by atoms with van der Waals surface area (Å²) in [6.07, 6.45) is 1.65. The molecule has 7 nitrogen and oxygen atoms in total. The van der Waals surface area contributed by atoms with E-state index in [1.54, 1.807) is 9.80 Å². The van der Waals surface area contributed by atoms with Gasteiger partial charge in [-0.25, -0.2) is 9.78 Å². The first kappa shape index (κ1) is 17.6. The van der Waals surface area contributed by atoms with Crippen LogP contribution in [0.1, 0.15) is 41.6 Å². The number of rotatable bonds is 4. The van der Waals surface area contributed by atoms with Gasteiger partial charge in [-0.15, -0.1) is 0 Å². The molecule has 2 amide bonds. The van der Waals surface area contributed by atoms with E-state index in [1.165, 1.54) is 6.39 Å². The summed E-state index contributed by atoms with van der Waals surface area (Å²) in [5, 5.41) is 0. The molecule has 2 fully saturated rings. The average Bonchev–Trinajstić information content (AvgIpc) is 3.27. The van der Waals surface area contributed by atoms with Gasteiger partial charge in [-0.05, 0) is 5.56 Å². The molecule has 1 aromatic carbocycles. The highest BCUT2D eigenvalue weighted by Crippen LogP contribution is 2.33. The zero-order valence-electron chi connectivity index (χ0n) is 15.6. The topological polar surface area (TPSA) is 75.9 Å². The number of amides is 2. The smallest absolute Gasteiger partial charge is 0.410 e. The van der Waals surface area contributed by atoms with Crippen LogP contribution in [0, 0.1) is 0 Å². The Morgan fingerprint density at radius 2 is 2.04 bits per heavy atom. The molecule has 0 radical (unpaired) electrons. The monoisotopic (exact) mass is 369 g/mol. The molecule has 0 spiro atoms. The van der Waals surface area contributed by atoms with Crippen molar-refractivity contribution in [2.75, 3.05) is 26.2 Å². The third-order valence-electron chi connectivity index (χ3n) is 5.32. The number of ether oxygens (including phenoxy) is 1. The number of carbonyl (C=O) groups excluding carboxylic acids is 2. The lowest BCUT2D eigenvalue weighted by Gasteiger charge is -2.44. The third kappa shape index (κ3) is 3.07. The lowest BCUT2D eigenvalue weighted by atomic mass is 9.88. The molecule has 0 aliphatic carbocycles. The van der Waals surface area contributed by atoms with Gasteiger partial charge in [0, 0.05) is 32.0 Å². The quantitative estimate of drug-likeness (QED) is 0.828. The molecule has 27 heavy (non-hydrogen) atoms. The van der Waals surface area contributed by atoms with Gasteiger partial charge in [0.05, 0.1) is 0 Å². The fourth-order valence-corrected chi connectivity index (χ4v) is 3.99. The summed E-state index contributed by atoms with van der Waals surface area (Å²) in [7, 11) is 0. The molecular weight excluding hydrogens is 346 g/mol. The van der Waals surface area contributed by atoms with Gasteiger partial charge in [-0.3, -0.25) is 9.69 Å². The number of hydrogen-bond acceptors (Lipinski definition) is 5. The first-order valence-electron chi connectivity index (χ1n) is 9.21. The second-order valence-corrected chi connectivity index (χ2v) is 7.54. The van der Waals surface area contributed by atoms with Crippen LogP contribution in [0.2, 0.25) is 0 Å². The van der Waals surface area contributed by atoms with Gasteiger partial charge >= 0.3 is 6.09 Å². The molecule has 142 valence electrons. The first-order valence-corrected chi connectivity index (χ1v) is 9.21. The fourth-order valence-electron chi connectivity index (χ4n) is 3.99. The van der Waals surface area contributed by atoms with E-state index in [1.807, 2.05) is 44.2 Å². The maximum absolute atomic E-state index is 13.1. The van der Waals surface area contributed by atoms with Crippen LogP contribution in [-0.4, -0.2) is 58.6 Å². The van der Waals surface area contributed by atoms with Gasteiger partial charge in [0.15, 0.2) is 12.1 Å². The minimum absolute atomic E-state index is 0.0717. The second kappa shape index (κ2) is 6.72. The zero-order valence-corrected chi connectivity index (χ0v) is 15.6. The third-order valence-corrected chi connectivity index (χ3v) is 5.32. The van der Waals surface area contributed by atoms with Crippen LogP contribution in [0.4, 0.5) is 4.79 Å². The van der Waals surface area contributed by atoms with Crippen LogP contribution >= 0.6 is 0 Å². The van der Waals surface area contributed by atoms with Crippen molar-refractivity contribution in [2.45, 2.75) is 31.7 Å². The largest absolute Gasteiger partial charge is 0.447 e. The Hall–Kier alpha value is -2.83. The van der Waals surface area contributed by atoms with Crippen molar-refractivity contribution in [3.8, 4) is 0 Å². The lowest BCUT2D eigenvalue weighted by Crippen LogP contribution is -2.63. The molecule has 1 unspecified atom stereocenters. The number of nitrogens with zero attached hydrogens (tertiary/aromatic N) is 3. The number of hydrogen-bond donors (Lipinski definition) is 0. The van der Waals surface area contributed by atoms with Crippen molar-refractivity contribution < 1.29 is 18.7 Å². The molecular formula is C20H23N3O4. The van der Waals surface area contributed by atoms with Crippen LogP contribution in [0.5, 0.6) is 0 Å². The lowest BCUT2D eigenvalue weighted by molar-refractivity contribution is 0.0369. The molecule has 2 saturated heterocycles. The molecule has 2 aliphatic heterocycles. The van der Waals surface area contributed by atoms with Crippen molar-refractivity contribution in [3.63, 3.8) is 0 Å². The van der Waals surface area contributed by atoms with Crippen molar-refractivity contribution >= 4 is 12.0 Å². The van der Waals surface area contributed by atoms with E-state index in [4.69, 9.17) is 9.15 Å². The van der Waals surface area contributed by atoms with E-state index in [0.717, 1.165) is 5.56 Å². The Labute approximate surface area is 157 Å². The maximum Gasteiger partial charge on any atom is 0.410 e. The van der Waals surface area contributed by atoms with Crippen molar-refractivity contribution in [1.82, 2.24) is 14.8 Å². The van der Waals surface area contributed by atoms with Gasteiger partial charge in [0.1, 0.15) is 17.9 Å². The minimum atomic E-state index is -0.548. The van der Waals surface area contributed by atoms with Crippen molar-refractivity contribution in [3.05, 3.63) is 53.7 Å². The van der Waals surface area contributed by atoms with Crippen LogP contribution in [0.15, 0.2) is 41.1 Å². The molecule has 7 heteroatoms. The van der Waals surface area contributed by atoms with E-state index in [0.29, 0.717) is 37.5 Å². The Morgan fingerprint density at radius 3 is 2.78 bits per heavy atom. The van der Waals surface area contributed by atoms with Gasteiger partial charge < -0.3 is 14.1 Å². The number of benzene rings is 1. The standard InChI is InChI=1S/C20H23N3O4/c1-14(2)17-16(21-13-27-17)18(24)22-8-9-23-19(25)26-12-20(23,11-22)10-15-6-4-3-5-7-15/h3-7,13-14H,8-12H2,1-2H3. The molecule has 4 rings (SSSR count). The predicted molar refractivity (Wildman–Crippen MR) is 97.4 cm³/mol. The Kier molecular flexibility index (Phi) is 4.37. The van der Waals surface area contributed by atoms with Crippen LogP contribution < -0.4 is 0 Å².